The van der Waals surface area contributed by atoms with Crippen LogP contribution >= 0.6 is 11.3 Å². The first kappa shape index (κ1) is 18.8. The predicted molar refractivity (Wildman–Crippen MR) is 111 cm³/mol. The third kappa shape index (κ3) is 3.70. The van der Waals surface area contributed by atoms with Crippen molar-refractivity contribution in [2.75, 3.05) is 27.2 Å². The number of hydrogen-bond donors (Lipinski definition) is 0. The van der Waals surface area contributed by atoms with E-state index in [0.29, 0.717) is 19.7 Å². The van der Waals surface area contributed by atoms with Gasteiger partial charge < -0.3 is 19.0 Å². The molecule has 1 aliphatic heterocycles. The molecule has 0 atom stereocenters. The van der Waals surface area contributed by atoms with Crippen LogP contribution in [0.15, 0.2) is 47.1 Å². The van der Waals surface area contributed by atoms with Crippen molar-refractivity contribution in [2.24, 2.45) is 0 Å². The smallest absolute Gasteiger partial charge is 0.264 e. The van der Waals surface area contributed by atoms with Crippen LogP contribution in [0.5, 0.6) is 5.75 Å². The number of fused-ring (bicyclic) bond motifs is 3. The third-order valence-electron chi connectivity index (χ3n) is 4.90. The average molecular weight is 397 g/mol. The lowest BCUT2D eigenvalue weighted by Gasteiger charge is -2.23. The molecule has 4 rings (SSSR count). The van der Waals surface area contributed by atoms with E-state index in [4.69, 9.17) is 9.15 Å². The van der Waals surface area contributed by atoms with Gasteiger partial charge in [-0.2, -0.15) is 0 Å². The molecule has 3 heterocycles. The van der Waals surface area contributed by atoms with Gasteiger partial charge in [0.1, 0.15) is 18.1 Å². The minimum Gasteiger partial charge on any atom is -0.488 e. The van der Waals surface area contributed by atoms with Crippen LogP contribution in [0.2, 0.25) is 0 Å². The van der Waals surface area contributed by atoms with Crippen molar-refractivity contribution in [3.63, 3.8) is 0 Å². The molecule has 1 amide bonds. The number of benzene rings is 1. The van der Waals surface area contributed by atoms with Crippen LogP contribution in [0.4, 0.5) is 0 Å². The van der Waals surface area contributed by atoms with Crippen LogP contribution in [0.25, 0.3) is 10.4 Å². The van der Waals surface area contributed by atoms with Crippen LogP contribution in [0.3, 0.4) is 0 Å². The van der Waals surface area contributed by atoms with Crippen molar-refractivity contribution in [2.45, 2.75) is 20.1 Å². The Balaban J connectivity index is 1.64. The monoisotopic (exact) mass is 396 g/mol. The molecular weight excluding hydrogens is 372 g/mol. The molecule has 1 aliphatic rings. The van der Waals surface area contributed by atoms with Crippen LogP contribution in [-0.4, -0.2) is 42.9 Å². The van der Waals surface area contributed by atoms with Crippen LogP contribution in [0.1, 0.15) is 26.6 Å². The Kier molecular flexibility index (Phi) is 5.24. The van der Waals surface area contributed by atoms with E-state index in [1.54, 1.807) is 17.6 Å². The largest absolute Gasteiger partial charge is 0.488 e. The highest BCUT2D eigenvalue weighted by molar-refractivity contribution is 7.17. The first-order valence-electron chi connectivity index (χ1n) is 9.35. The number of amides is 1. The van der Waals surface area contributed by atoms with Gasteiger partial charge in [0.25, 0.3) is 5.91 Å². The van der Waals surface area contributed by atoms with Crippen LogP contribution in [-0.2, 0) is 13.2 Å². The van der Waals surface area contributed by atoms with Gasteiger partial charge in [0.15, 0.2) is 0 Å². The van der Waals surface area contributed by atoms with Gasteiger partial charge >= 0.3 is 0 Å². The molecule has 0 spiro atoms. The van der Waals surface area contributed by atoms with Gasteiger partial charge in [-0.15, -0.1) is 11.3 Å². The van der Waals surface area contributed by atoms with Gasteiger partial charge in [0.2, 0.25) is 0 Å². The molecule has 2 aromatic heterocycles. The van der Waals surface area contributed by atoms with Gasteiger partial charge in [-0.05, 0) is 50.8 Å². The second-order valence-corrected chi connectivity index (χ2v) is 8.36. The van der Waals surface area contributed by atoms with Crippen LogP contribution in [0, 0.1) is 6.92 Å². The topological polar surface area (TPSA) is 45.9 Å². The average Bonchev–Trinajstić information content (AvgIpc) is 3.33. The van der Waals surface area contributed by atoms with Gasteiger partial charge in [-0.25, -0.2) is 0 Å². The number of hydrogen-bond acceptors (Lipinski definition) is 5. The highest BCUT2D eigenvalue weighted by atomic mass is 32.1. The number of aryl methyl sites for hydroxylation is 1. The van der Waals surface area contributed by atoms with Gasteiger partial charge in [-0.1, -0.05) is 12.1 Å². The van der Waals surface area contributed by atoms with Crippen molar-refractivity contribution in [3.05, 3.63) is 64.4 Å². The molecular formula is C22H24N2O3S. The minimum atomic E-state index is 0.0350. The molecule has 0 saturated carbocycles. The zero-order valence-electron chi connectivity index (χ0n) is 16.4. The summed E-state index contributed by atoms with van der Waals surface area (Å²) < 4.78 is 11.4. The molecule has 1 aromatic carbocycles. The number of furan rings is 1. The number of nitrogens with zero attached hydrogens (tertiary/aromatic N) is 2. The zero-order chi connectivity index (χ0) is 19.7. The summed E-state index contributed by atoms with van der Waals surface area (Å²) in [4.78, 5) is 19.2. The summed E-state index contributed by atoms with van der Waals surface area (Å²) in [6.45, 7) is 4.49. The molecule has 0 unspecified atom stereocenters. The van der Waals surface area contributed by atoms with Crippen LogP contribution < -0.4 is 4.74 Å². The SMILES string of the molecule is Cc1cccc2c1-c1sc(C(=O)N(CCN(C)C)Cc3ccco3)cc1CO2. The quantitative estimate of drug-likeness (QED) is 0.619. The van der Waals surface area contributed by atoms with E-state index in [1.807, 2.05) is 49.3 Å². The van der Waals surface area contributed by atoms with E-state index in [0.717, 1.165) is 38.9 Å². The van der Waals surface area contributed by atoms with Crippen molar-refractivity contribution < 1.29 is 13.9 Å². The van der Waals surface area contributed by atoms with E-state index < -0.39 is 0 Å². The Morgan fingerprint density at radius 2 is 2.04 bits per heavy atom. The summed E-state index contributed by atoms with van der Waals surface area (Å²) in [6.07, 6.45) is 1.64. The van der Waals surface area contributed by atoms with Crippen molar-refractivity contribution in [1.29, 1.82) is 0 Å². The number of likely N-dealkylation sites (N-methyl/N-ethyl adjacent to an activating group) is 1. The number of rotatable bonds is 6. The molecule has 6 heteroatoms. The van der Waals surface area contributed by atoms with E-state index in [9.17, 15) is 4.79 Å². The maximum Gasteiger partial charge on any atom is 0.264 e. The molecule has 0 N–H and O–H groups in total. The Morgan fingerprint density at radius 1 is 1.18 bits per heavy atom. The lowest BCUT2D eigenvalue weighted by Crippen LogP contribution is -2.35. The van der Waals surface area contributed by atoms with E-state index in [-0.39, 0.29) is 5.91 Å². The lowest BCUT2D eigenvalue weighted by atomic mass is 10.0. The summed E-state index contributed by atoms with van der Waals surface area (Å²) in [5, 5.41) is 0. The fourth-order valence-electron chi connectivity index (χ4n) is 3.38. The Hall–Kier alpha value is -2.57. The molecule has 0 fully saturated rings. The number of carbonyl (C=O) groups excluding carboxylic acids is 1. The third-order valence-corrected chi connectivity index (χ3v) is 6.08. The molecule has 5 nitrogen and oxygen atoms in total. The minimum absolute atomic E-state index is 0.0350. The Labute approximate surface area is 169 Å². The summed E-state index contributed by atoms with van der Waals surface area (Å²) in [7, 11) is 4.02. The fraction of sp³-hybridized carbons (Fsp3) is 0.318. The number of carbonyl (C=O) groups is 1. The first-order valence-corrected chi connectivity index (χ1v) is 10.2. The zero-order valence-corrected chi connectivity index (χ0v) is 17.2. The van der Waals surface area contributed by atoms with E-state index >= 15 is 0 Å². The molecule has 0 saturated heterocycles. The van der Waals surface area contributed by atoms with Crippen molar-refractivity contribution in [3.8, 4) is 16.2 Å². The summed E-state index contributed by atoms with van der Waals surface area (Å²) in [5.74, 6) is 1.72. The Bertz CT molecular complexity index is 976. The first-order chi connectivity index (χ1) is 13.5. The summed E-state index contributed by atoms with van der Waals surface area (Å²) in [6, 6.07) is 11.8. The summed E-state index contributed by atoms with van der Waals surface area (Å²) in [5.41, 5.74) is 3.36. The second-order valence-electron chi connectivity index (χ2n) is 7.31. The lowest BCUT2D eigenvalue weighted by molar-refractivity contribution is 0.0724. The molecule has 0 bridgehead atoms. The number of ether oxygens (including phenoxy) is 1. The Morgan fingerprint density at radius 3 is 2.79 bits per heavy atom. The molecule has 28 heavy (non-hydrogen) atoms. The highest BCUT2D eigenvalue weighted by Gasteiger charge is 2.26. The maximum atomic E-state index is 13.3. The van der Waals surface area contributed by atoms with Crippen molar-refractivity contribution in [1.82, 2.24) is 9.80 Å². The number of thiophene rings is 1. The molecule has 0 aliphatic carbocycles. The summed E-state index contributed by atoms with van der Waals surface area (Å²) >= 11 is 1.56. The normalized spacial score (nSPS) is 12.4. The van der Waals surface area contributed by atoms with E-state index in [1.165, 1.54) is 5.56 Å². The molecule has 146 valence electrons. The van der Waals surface area contributed by atoms with Crippen molar-refractivity contribution >= 4 is 17.2 Å². The fourth-order valence-corrected chi connectivity index (χ4v) is 4.63. The van der Waals surface area contributed by atoms with Gasteiger partial charge in [0.05, 0.1) is 17.7 Å². The maximum absolute atomic E-state index is 13.3. The standard InChI is InChI=1S/C22H24N2O3S/c1-15-6-4-8-18-20(15)21-16(14-27-18)12-19(28-21)22(25)24(10-9-23(2)3)13-17-7-5-11-26-17/h4-8,11-12H,9-10,13-14H2,1-3H3. The highest BCUT2D eigenvalue weighted by Crippen LogP contribution is 2.44. The second kappa shape index (κ2) is 7.81. The van der Waals surface area contributed by atoms with Gasteiger partial charge in [0, 0.05) is 29.1 Å². The molecule has 3 aromatic rings. The van der Waals surface area contributed by atoms with Gasteiger partial charge in [-0.3, -0.25) is 4.79 Å². The predicted octanol–water partition coefficient (Wildman–Crippen LogP) is 4.41. The van der Waals surface area contributed by atoms with E-state index in [2.05, 4.69) is 17.9 Å². The molecule has 0 radical (unpaired) electrons.